The third-order valence-corrected chi connectivity index (χ3v) is 3.81. The number of hydrogen-bond donors (Lipinski definition) is 1. The quantitative estimate of drug-likeness (QED) is 0.864. The minimum Gasteiger partial charge on any atom is -0.393 e. The Labute approximate surface area is 110 Å². The fraction of sp³-hybridized carbons (Fsp3) is 0.786. The van der Waals surface area contributed by atoms with Crippen molar-refractivity contribution in [1.82, 2.24) is 14.7 Å². The summed E-state index contributed by atoms with van der Waals surface area (Å²) >= 11 is 0. The Morgan fingerprint density at radius 3 is 3.00 bits per heavy atom. The van der Waals surface area contributed by atoms with E-state index in [4.69, 9.17) is 0 Å². The molecule has 0 aliphatic carbocycles. The molecular weight excluding hydrogens is 226 g/mol. The number of likely N-dealkylation sites (tertiary alicyclic amines) is 1. The smallest absolute Gasteiger partial charge is 0.0527 e. The number of piperidine rings is 1. The minimum absolute atomic E-state index is 0.186. The van der Waals surface area contributed by atoms with E-state index in [-0.39, 0.29) is 6.10 Å². The van der Waals surface area contributed by atoms with Gasteiger partial charge in [-0.3, -0.25) is 9.58 Å². The molecule has 4 heteroatoms. The van der Waals surface area contributed by atoms with Crippen LogP contribution in [0.4, 0.5) is 0 Å². The normalized spacial score (nSPS) is 23.2. The van der Waals surface area contributed by atoms with Gasteiger partial charge in [0.25, 0.3) is 0 Å². The lowest BCUT2D eigenvalue weighted by Gasteiger charge is -2.36. The first-order chi connectivity index (χ1) is 8.65. The van der Waals surface area contributed by atoms with E-state index < -0.39 is 0 Å². The van der Waals surface area contributed by atoms with Crippen LogP contribution < -0.4 is 0 Å². The molecule has 2 heterocycles. The number of aliphatic hydroxyl groups excluding tert-OH is 1. The van der Waals surface area contributed by atoms with Crippen molar-refractivity contribution < 1.29 is 5.11 Å². The number of hydrogen-bond acceptors (Lipinski definition) is 3. The molecule has 0 saturated carbocycles. The average molecular weight is 251 g/mol. The van der Waals surface area contributed by atoms with Crippen molar-refractivity contribution in [3.8, 4) is 0 Å². The number of rotatable bonds is 5. The topological polar surface area (TPSA) is 41.3 Å². The summed E-state index contributed by atoms with van der Waals surface area (Å²) in [6, 6.07) is 0.565. The van der Waals surface area contributed by atoms with Gasteiger partial charge >= 0.3 is 0 Å². The molecule has 1 aliphatic heterocycles. The molecule has 0 amide bonds. The summed E-state index contributed by atoms with van der Waals surface area (Å²) < 4.78 is 1.86. The van der Waals surface area contributed by atoms with Crippen molar-refractivity contribution in [2.24, 2.45) is 7.05 Å². The van der Waals surface area contributed by atoms with Gasteiger partial charge in [-0.1, -0.05) is 6.42 Å². The van der Waals surface area contributed by atoms with Crippen LogP contribution in [-0.4, -0.2) is 45.0 Å². The van der Waals surface area contributed by atoms with E-state index in [9.17, 15) is 5.11 Å². The maximum absolute atomic E-state index is 9.57. The number of nitrogens with zero attached hydrogens (tertiary/aromatic N) is 3. The summed E-state index contributed by atoms with van der Waals surface area (Å²) in [6.45, 7) is 4.16. The second-order valence-corrected chi connectivity index (χ2v) is 5.54. The van der Waals surface area contributed by atoms with Crippen LogP contribution in [0.15, 0.2) is 12.4 Å². The fourth-order valence-electron chi connectivity index (χ4n) is 2.89. The monoisotopic (exact) mass is 251 g/mol. The molecule has 1 saturated heterocycles. The highest BCUT2D eigenvalue weighted by Crippen LogP contribution is 2.21. The van der Waals surface area contributed by atoms with Crippen molar-refractivity contribution in [1.29, 1.82) is 0 Å². The van der Waals surface area contributed by atoms with Crippen LogP contribution in [0.1, 0.15) is 38.2 Å². The van der Waals surface area contributed by atoms with Crippen molar-refractivity contribution in [3.63, 3.8) is 0 Å². The van der Waals surface area contributed by atoms with E-state index >= 15 is 0 Å². The first-order valence-corrected chi connectivity index (χ1v) is 7.05. The molecule has 1 N–H and O–H groups in total. The third kappa shape index (κ3) is 3.82. The van der Waals surface area contributed by atoms with Crippen molar-refractivity contribution in [2.75, 3.05) is 13.1 Å². The maximum atomic E-state index is 9.57. The molecular formula is C14H25N3O. The van der Waals surface area contributed by atoms with Crippen molar-refractivity contribution in [3.05, 3.63) is 18.0 Å². The molecule has 2 unspecified atom stereocenters. The maximum Gasteiger partial charge on any atom is 0.0527 e. The van der Waals surface area contributed by atoms with Crippen molar-refractivity contribution >= 4 is 0 Å². The van der Waals surface area contributed by atoms with Crippen LogP contribution >= 0.6 is 0 Å². The van der Waals surface area contributed by atoms with Gasteiger partial charge in [0.05, 0.1) is 12.3 Å². The Morgan fingerprint density at radius 2 is 2.33 bits per heavy atom. The summed E-state index contributed by atoms with van der Waals surface area (Å²) in [6.07, 6.45) is 9.66. The number of aromatic nitrogens is 2. The van der Waals surface area contributed by atoms with Crippen LogP contribution in [0, 0.1) is 0 Å². The second-order valence-electron chi connectivity index (χ2n) is 5.54. The standard InChI is InChI=1S/C14H25N3O/c1-12(18)9-14-5-3-4-7-17(14)8-6-13-10-15-16(2)11-13/h10-12,14,18H,3-9H2,1-2H3. The zero-order valence-electron chi connectivity index (χ0n) is 11.5. The average Bonchev–Trinajstić information content (AvgIpc) is 2.73. The molecule has 1 aromatic rings. The van der Waals surface area contributed by atoms with Gasteiger partial charge in [0.15, 0.2) is 0 Å². The summed E-state index contributed by atoms with van der Waals surface area (Å²) in [4.78, 5) is 2.54. The summed E-state index contributed by atoms with van der Waals surface area (Å²) in [5, 5.41) is 13.8. The van der Waals surface area contributed by atoms with Crippen LogP contribution in [0.2, 0.25) is 0 Å². The van der Waals surface area contributed by atoms with Gasteiger partial charge in [0, 0.05) is 25.8 Å². The van der Waals surface area contributed by atoms with Crippen LogP contribution in [-0.2, 0) is 13.5 Å². The SMILES string of the molecule is CC(O)CC1CCCCN1CCc1cnn(C)c1. The molecule has 18 heavy (non-hydrogen) atoms. The van der Waals surface area contributed by atoms with E-state index in [0.717, 1.165) is 19.4 Å². The van der Waals surface area contributed by atoms with E-state index in [2.05, 4.69) is 16.2 Å². The minimum atomic E-state index is -0.186. The molecule has 0 radical (unpaired) electrons. The molecule has 1 aromatic heterocycles. The lowest BCUT2D eigenvalue weighted by atomic mass is 9.97. The first-order valence-electron chi connectivity index (χ1n) is 7.05. The van der Waals surface area contributed by atoms with E-state index in [0.29, 0.717) is 6.04 Å². The Morgan fingerprint density at radius 1 is 1.50 bits per heavy atom. The molecule has 1 fully saturated rings. The molecule has 1 aliphatic rings. The highest BCUT2D eigenvalue weighted by Gasteiger charge is 2.23. The predicted molar refractivity (Wildman–Crippen MR) is 72.4 cm³/mol. The van der Waals surface area contributed by atoms with E-state index in [1.807, 2.05) is 24.9 Å². The van der Waals surface area contributed by atoms with Crippen LogP contribution in [0.25, 0.3) is 0 Å². The van der Waals surface area contributed by atoms with Gasteiger partial charge in [0.2, 0.25) is 0 Å². The largest absolute Gasteiger partial charge is 0.393 e. The third-order valence-electron chi connectivity index (χ3n) is 3.81. The molecule has 0 bridgehead atoms. The first kappa shape index (κ1) is 13.6. The Bertz CT molecular complexity index is 362. The molecule has 102 valence electrons. The summed E-state index contributed by atoms with van der Waals surface area (Å²) in [5.41, 5.74) is 1.30. The molecule has 0 spiro atoms. The fourth-order valence-corrected chi connectivity index (χ4v) is 2.89. The predicted octanol–water partition coefficient (Wildman–Crippen LogP) is 1.59. The van der Waals surface area contributed by atoms with Crippen LogP contribution in [0.3, 0.4) is 0 Å². The molecule has 0 aromatic carbocycles. The van der Waals surface area contributed by atoms with Gasteiger partial charge in [-0.2, -0.15) is 5.10 Å². The van der Waals surface area contributed by atoms with Gasteiger partial charge in [0.1, 0.15) is 0 Å². The Balaban J connectivity index is 1.85. The Hall–Kier alpha value is -0.870. The van der Waals surface area contributed by atoms with Crippen molar-refractivity contribution in [2.45, 2.75) is 51.2 Å². The highest BCUT2D eigenvalue weighted by atomic mass is 16.3. The lowest BCUT2D eigenvalue weighted by Crippen LogP contribution is -2.42. The van der Waals surface area contributed by atoms with Gasteiger partial charge in [-0.05, 0) is 44.7 Å². The van der Waals surface area contributed by atoms with Crippen LogP contribution in [0.5, 0.6) is 0 Å². The van der Waals surface area contributed by atoms with Gasteiger partial charge in [-0.15, -0.1) is 0 Å². The van der Waals surface area contributed by atoms with E-state index in [1.54, 1.807) is 0 Å². The molecule has 4 nitrogen and oxygen atoms in total. The summed E-state index contributed by atoms with van der Waals surface area (Å²) in [5.74, 6) is 0. The zero-order chi connectivity index (χ0) is 13.0. The van der Waals surface area contributed by atoms with Gasteiger partial charge < -0.3 is 5.11 Å². The van der Waals surface area contributed by atoms with E-state index in [1.165, 1.54) is 31.4 Å². The summed E-state index contributed by atoms with van der Waals surface area (Å²) in [7, 11) is 1.96. The Kier molecular flexibility index (Phi) is 4.78. The highest BCUT2D eigenvalue weighted by molar-refractivity contribution is 5.04. The molecule has 2 atom stereocenters. The zero-order valence-corrected chi connectivity index (χ0v) is 11.5. The second kappa shape index (κ2) is 6.34. The van der Waals surface area contributed by atoms with Gasteiger partial charge in [-0.25, -0.2) is 0 Å². The molecule has 2 rings (SSSR count). The lowest BCUT2D eigenvalue weighted by molar-refractivity contribution is 0.0877. The number of aliphatic hydroxyl groups is 1. The number of aryl methyl sites for hydroxylation is 1.